The Morgan fingerprint density at radius 2 is 1.77 bits per heavy atom. The average molecular weight is 369 g/mol. The van der Waals surface area contributed by atoms with Gasteiger partial charge in [0.15, 0.2) is 5.82 Å². The predicted octanol–water partition coefficient (Wildman–Crippen LogP) is 3.41. The van der Waals surface area contributed by atoms with E-state index in [1.807, 2.05) is 31.2 Å². The summed E-state index contributed by atoms with van der Waals surface area (Å²) in [5.74, 6) is -0.562. The van der Waals surface area contributed by atoms with E-state index in [2.05, 4.69) is 20.8 Å². The van der Waals surface area contributed by atoms with E-state index in [0.717, 1.165) is 10.5 Å². The molecule has 3 aromatic rings. The van der Waals surface area contributed by atoms with Crippen molar-refractivity contribution in [2.75, 3.05) is 11.2 Å². The maximum atomic E-state index is 12.9. The minimum Gasteiger partial charge on any atom is -0.393 e. The highest BCUT2D eigenvalue weighted by atomic mass is 32.2. The van der Waals surface area contributed by atoms with E-state index in [0.29, 0.717) is 16.3 Å². The van der Waals surface area contributed by atoms with Crippen LogP contribution in [0.3, 0.4) is 0 Å². The van der Waals surface area contributed by atoms with Gasteiger partial charge in [0.1, 0.15) is 22.9 Å². The molecule has 132 valence electrons. The van der Waals surface area contributed by atoms with Gasteiger partial charge in [0.2, 0.25) is 0 Å². The van der Waals surface area contributed by atoms with Crippen LogP contribution in [0.15, 0.2) is 64.8 Å². The highest BCUT2D eigenvalue weighted by molar-refractivity contribution is 7.99. The molecule has 0 atom stereocenters. The van der Waals surface area contributed by atoms with Crippen LogP contribution in [0.4, 0.5) is 15.9 Å². The molecule has 1 heterocycles. The third-order valence-corrected chi connectivity index (χ3v) is 4.51. The number of nitrogens with two attached hydrogens (primary N) is 1. The van der Waals surface area contributed by atoms with Gasteiger partial charge in [0.25, 0.3) is 5.91 Å². The zero-order valence-corrected chi connectivity index (χ0v) is 14.7. The molecule has 0 spiro atoms. The molecule has 8 heteroatoms. The summed E-state index contributed by atoms with van der Waals surface area (Å²) in [5, 5.41) is 0.572. The first-order valence-electron chi connectivity index (χ1n) is 7.70. The van der Waals surface area contributed by atoms with Crippen molar-refractivity contribution in [3.05, 3.63) is 71.8 Å². The summed E-state index contributed by atoms with van der Waals surface area (Å²) < 4.78 is 12.9. The van der Waals surface area contributed by atoms with Crippen molar-refractivity contribution in [1.29, 1.82) is 0 Å². The number of benzene rings is 2. The molecule has 0 saturated heterocycles. The second-order valence-corrected chi connectivity index (χ2v) is 6.50. The number of carbonyl (C=O) groups excluding carboxylic acids is 1. The summed E-state index contributed by atoms with van der Waals surface area (Å²) in [5.41, 5.74) is 13.0. The van der Waals surface area contributed by atoms with E-state index in [9.17, 15) is 9.18 Å². The van der Waals surface area contributed by atoms with Crippen molar-refractivity contribution >= 4 is 29.2 Å². The van der Waals surface area contributed by atoms with Gasteiger partial charge in [-0.1, -0.05) is 29.5 Å². The van der Waals surface area contributed by atoms with Crippen LogP contribution < -0.4 is 16.6 Å². The molecule has 0 bridgehead atoms. The number of rotatable bonds is 5. The first-order valence-corrected chi connectivity index (χ1v) is 8.51. The summed E-state index contributed by atoms with van der Waals surface area (Å²) in [6, 6.07) is 13.1. The van der Waals surface area contributed by atoms with Crippen LogP contribution in [0.25, 0.3) is 0 Å². The molecular formula is C18H16FN5OS. The largest absolute Gasteiger partial charge is 0.393 e. The van der Waals surface area contributed by atoms with Crippen molar-refractivity contribution in [3.8, 4) is 0 Å². The quantitative estimate of drug-likeness (QED) is 0.471. The Balaban J connectivity index is 1.69. The Hall–Kier alpha value is -3.13. The Morgan fingerprint density at radius 3 is 2.46 bits per heavy atom. The minimum atomic E-state index is -0.434. The number of hydrogen-bond donors (Lipinski definition) is 3. The lowest BCUT2D eigenvalue weighted by molar-refractivity contribution is 0.0962. The Kier molecular flexibility index (Phi) is 5.33. The second-order valence-electron chi connectivity index (χ2n) is 5.44. The van der Waals surface area contributed by atoms with Gasteiger partial charge in [-0.2, -0.15) is 0 Å². The minimum absolute atomic E-state index is 0.282. The molecule has 0 saturated carbocycles. The van der Waals surface area contributed by atoms with Crippen LogP contribution in [0, 0.1) is 12.7 Å². The second kappa shape index (κ2) is 7.83. The van der Waals surface area contributed by atoms with E-state index in [4.69, 9.17) is 5.73 Å². The normalized spacial score (nSPS) is 10.4. The van der Waals surface area contributed by atoms with Crippen molar-refractivity contribution in [1.82, 2.24) is 15.4 Å². The van der Waals surface area contributed by atoms with E-state index in [1.54, 1.807) is 0 Å². The predicted molar refractivity (Wildman–Crippen MR) is 99.2 cm³/mol. The molecule has 0 aliphatic rings. The highest BCUT2D eigenvalue weighted by Gasteiger charge is 2.11. The molecule has 1 amide bonds. The first-order chi connectivity index (χ1) is 12.5. The Labute approximate surface area is 154 Å². The van der Waals surface area contributed by atoms with Gasteiger partial charge in [-0.25, -0.2) is 14.4 Å². The third kappa shape index (κ3) is 4.28. The standard InChI is InChI=1S/C18H16FN5OS/c1-11-2-8-14(9-3-11)26-18-15(20)16(21-10-22-18)23-24-17(25)12-4-6-13(19)7-5-12/h2-10H,20H2,1H3,(H,24,25)(H,21,22,23). The molecule has 2 aromatic carbocycles. The molecule has 4 N–H and O–H groups in total. The van der Waals surface area contributed by atoms with Crippen LogP contribution >= 0.6 is 11.8 Å². The van der Waals surface area contributed by atoms with Crippen LogP contribution in [-0.4, -0.2) is 15.9 Å². The van der Waals surface area contributed by atoms with E-state index < -0.39 is 11.7 Å². The van der Waals surface area contributed by atoms with Gasteiger partial charge in [0, 0.05) is 10.5 Å². The fourth-order valence-corrected chi connectivity index (χ4v) is 2.87. The number of hydrogen-bond acceptors (Lipinski definition) is 6. The number of nitrogens with zero attached hydrogens (tertiary/aromatic N) is 2. The average Bonchev–Trinajstić information content (AvgIpc) is 2.64. The van der Waals surface area contributed by atoms with Gasteiger partial charge < -0.3 is 5.73 Å². The van der Waals surface area contributed by atoms with Gasteiger partial charge in [-0.15, -0.1) is 0 Å². The molecule has 6 nitrogen and oxygen atoms in total. The Morgan fingerprint density at radius 1 is 1.08 bits per heavy atom. The van der Waals surface area contributed by atoms with Crippen LogP contribution in [-0.2, 0) is 0 Å². The fourth-order valence-electron chi connectivity index (χ4n) is 2.07. The summed E-state index contributed by atoms with van der Waals surface area (Å²) in [4.78, 5) is 21.3. The molecule has 0 fully saturated rings. The lowest BCUT2D eigenvalue weighted by atomic mass is 10.2. The molecule has 0 aliphatic heterocycles. The number of aromatic nitrogens is 2. The number of carbonyl (C=O) groups is 1. The van der Waals surface area contributed by atoms with Crippen molar-refractivity contribution < 1.29 is 9.18 Å². The third-order valence-electron chi connectivity index (χ3n) is 3.48. The van der Waals surface area contributed by atoms with E-state index >= 15 is 0 Å². The number of aryl methyl sites for hydroxylation is 1. The van der Waals surface area contributed by atoms with Crippen LogP contribution in [0.2, 0.25) is 0 Å². The zero-order valence-electron chi connectivity index (χ0n) is 13.9. The van der Waals surface area contributed by atoms with Gasteiger partial charge in [-0.3, -0.25) is 15.6 Å². The molecule has 3 rings (SSSR count). The van der Waals surface area contributed by atoms with Gasteiger partial charge >= 0.3 is 0 Å². The van der Waals surface area contributed by atoms with Crippen molar-refractivity contribution in [2.24, 2.45) is 0 Å². The number of anilines is 2. The maximum absolute atomic E-state index is 12.9. The molecule has 0 aliphatic carbocycles. The van der Waals surface area contributed by atoms with Crippen LogP contribution in [0.1, 0.15) is 15.9 Å². The van der Waals surface area contributed by atoms with Gasteiger partial charge in [0.05, 0.1) is 0 Å². The number of amides is 1. The molecule has 0 unspecified atom stereocenters. The summed E-state index contributed by atoms with van der Waals surface area (Å²) in [6.07, 6.45) is 1.36. The fraction of sp³-hybridized carbons (Fsp3) is 0.0556. The molecule has 0 radical (unpaired) electrons. The lowest BCUT2D eigenvalue weighted by Gasteiger charge is -2.12. The first kappa shape index (κ1) is 17.7. The van der Waals surface area contributed by atoms with Crippen molar-refractivity contribution in [3.63, 3.8) is 0 Å². The smallest absolute Gasteiger partial charge is 0.269 e. The molecule has 1 aromatic heterocycles. The topological polar surface area (TPSA) is 92.9 Å². The summed E-state index contributed by atoms with van der Waals surface area (Å²) in [7, 11) is 0. The summed E-state index contributed by atoms with van der Waals surface area (Å²) in [6.45, 7) is 2.01. The summed E-state index contributed by atoms with van der Waals surface area (Å²) >= 11 is 1.40. The Bertz CT molecular complexity index is 916. The zero-order chi connectivity index (χ0) is 18.5. The lowest BCUT2D eigenvalue weighted by Crippen LogP contribution is -2.30. The highest BCUT2D eigenvalue weighted by Crippen LogP contribution is 2.32. The number of nitrogen functional groups attached to an aromatic ring is 1. The molecular weight excluding hydrogens is 353 g/mol. The van der Waals surface area contributed by atoms with E-state index in [-0.39, 0.29) is 5.82 Å². The number of nitrogens with one attached hydrogen (secondary N) is 2. The monoisotopic (exact) mass is 369 g/mol. The van der Waals surface area contributed by atoms with Crippen LogP contribution in [0.5, 0.6) is 0 Å². The molecule has 26 heavy (non-hydrogen) atoms. The van der Waals surface area contributed by atoms with E-state index in [1.165, 1.54) is 42.4 Å². The number of halogens is 1. The van der Waals surface area contributed by atoms with Gasteiger partial charge in [-0.05, 0) is 43.3 Å². The SMILES string of the molecule is Cc1ccc(Sc2ncnc(NNC(=O)c3ccc(F)cc3)c2N)cc1. The number of hydrazine groups is 1. The van der Waals surface area contributed by atoms with Crippen molar-refractivity contribution in [2.45, 2.75) is 16.8 Å². The maximum Gasteiger partial charge on any atom is 0.269 e.